The average Bonchev–Trinajstić information content (AvgIpc) is 2.78. The molecule has 6 heteroatoms. The zero-order chi connectivity index (χ0) is 24.1. The second-order valence-corrected chi connectivity index (χ2v) is 8.99. The highest BCUT2D eigenvalue weighted by atomic mass is 35.5. The Kier molecular flexibility index (Phi) is 8.22. The van der Waals surface area contributed by atoms with Crippen molar-refractivity contribution in [1.29, 1.82) is 0 Å². The molecule has 3 rings (SSSR count). The predicted molar refractivity (Wildman–Crippen MR) is 136 cm³/mol. The van der Waals surface area contributed by atoms with Gasteiger partial charge in [-0.1, -0.05) is 49.2 Å². The van der Waals surface area contributed by atoms with Crippen LogP contribution in [0.4, 0.5) is 0 Å². The van der Waals surface area contributed by atoms with Gasteiger partial charge >= 0.3 is 0 Å². The molecule has 0 aliphatic rings. The number of pyridine rings is 1. The number of hydrogen-bond donors (Lipinski definition) is 1. The van der Waals surface area contributed by atoms with Crippen LogP contribution in [0.3, 0.4) is 0 Å². The Bertz CT molecular complexity index is 1270. The van der Waals surface area contributed by atoms with Gasteiger partial charge < -0.3 is 5.11 Å². The predicted octanol–water partition coefficient (Wildman–Crippen LogP) is 5.81. The Morgan fingerprint density at radius 2 is 1.76 bits per heavy atom. The first-order chi connectivity index (χ1) is 15.7. The molecule has 0 amide bonds. The van der Waals surface area contributed by atoms with E-state index in [1.807, 2.05) is 64.1 Å². The van der Waals surface area contributed by atoms with E-state index in [-0.39, 0.29) is 11.6 Å². The Balaban J connectivity index is 2.37. The van der Waals surface area contributed by atoms with E-state index >= 15 is 0 Å². The highest BCUT2D eigenvalue weighted by Gasteiger charge is 2.19. The molecule has 0 saturated carbocycles. The maximum atomic E-state index is 13.7. The van der Waals surface area contributed by atoms with Crippen LogP contribution in [0.15, 0.2) is 53.7 Å². The molecular formula is C27H32ClN3O2. The van der Waals surface area contributed by atoms with Crippen molar-refractivity contribution in [1.82, 2.24) is 14.5 Å². The van der Waals surface area contributed by atoms with Gasteiger partial charge in [0.1, 0.15) is 5.15 Å². The Hall–Kier alpha value is -2.76. The molecule has 2 atom stereocenters. The van der Waals surface area contributed by atoms with E-state index in [1.54, 1.807) is 24.0 Å². The van der Waals surface area contributed by atoms with Crippen molar-refractivity contribution in [3.05, 3.63) is 92.2 Å². The minimum absolute atomic E-state index is 0.147. The largest absolute Gasteiger partial charge is 0.391 e. The summed E-state index contributed by atoms with van der Waals surface area (Å²) in [4.78, 5) is 22.6. The summed E-state index contributed by atoms with van der Waals surface area (Å²) in [5.74, 6) is 0. The molecule has 0 spiro atoms. The Morgan fingerprint density at radius 3 is 2.42 bits per heavy atom. The van der Waals surface area contributed by atoms with Gasteiger partial charge in [-0.15, -0.1) is 0 Å². The maximum absolute atomic E-state index is 13.7. The van der Waals surface area contributed by atoms with Gasteiger partial charge in [0.25, 0.3) is 5.56 Å². The fraction of sp³-hybridized carbons (Fsp3) is 0.370. The van der Waals surface area contributed by atoms with E-state index < -0.39 is 6.10 Å². The third-order valence-corrected chi connectivity index (χ3v) is 6.55. The lowest BCUT2D eigenvalue weighted by Crippen LogP contribution is -2.31. The van der Waals surface area contributed by atoms with Crippen molar-refractivity contribution < 1.29 is 5.11 Å². The minimum atomic E-state index is -0.659. The second-order valence-electron chi connectivity index (χ2n) is 8.63. The summed E-state index contributed by atoms with van der Waals surface area (Å²) in [5.41, 5.74) is 5.44. The average molecular weight is 466 g/mol. The number of aryl methyl sites for hydroxylation is 2. The lowest BCUT2D eigenvalue weighted by molar-refractivity contribution is 0.122. The molecule has 0 bridgehead atoms. The summed E-state index contributed by atoms with van der Waals surface area (Å²) in [6.45, 7) is 9.71. The molecular weight excluding hydrogens is 434 g/mol. The van der Waals surface area contributed by atoms with Crippen molar-refractivity contribution in [2.75, 3.05) is 0 Å². The molecule has 2 heterocycles. The lowest BCUT2D eigenvalue weighted by atomic mass is 9.98. The summed E-state index contributed by atoms with van der Waals surface area (Å²) in [7, 11) is 0. The van der Waals surface area contributed by atoms with Crippen LogP contribution in [-0.2, 0) is 6.42 Å². The van der Waals surface area contributed by atoms with E-state index in [4.69, 9.17) is 11.6 Å². The van der Waals surface area contributed by atoms with Gasteiger partial charge in [0.2, 0.25) is 0 Å². The van der Waals surface area contributed by atoms with Crippen molar-refractivity contribution in [2.45, 2.75) is 66.0 Å². The van der Waals surface area contributed by atoms with Gasteiger partial charge in [-0.3, -0.25) is 9.36 Å². The number of nitrogens with zero attached hydrogens (tertiary/aromatic N) is 3. The monoisotopic (exact) mass is 465 g/mol. The summed E-state index contributed by atoms with van der Waals surface area (Å²) in [6, 6.07) is 11.5. The van der Waals surface area contributed by atoms with Gasteiger partial charge in [-0.05, 0) is 80.5 Å². The van der Waals surface area contributed by atoms with E-state index in [0.29, 0.717) is 28.9 Å². The first-order valence-corrected chi connectivity index (χ1v) is 11.7. The molecule has 1 aromatic carbocycles. The number of hydrogen-bond acceptors (Lipinski definition) is 4. The molecule has 0 aliphatic carbocycles. The van der Waals surface area contributed by atoms with Gasteiger partial charge in [-0.25, -0.2) is 9.97 Å². The van der Waals surface area contributed by atoms with Crippen LogP contribution in [0.1, 0.15) is 60.5 Å². The third-order valence-electron chi connectivity index (χ3n) is 6.17. The molecule has 33 heavy (non-hydrogen) atoms. The molecule has 174 valence electrons. The normalized spacial score (nSPS) is 12.9. The maximum Gasteiger partial charge on any atom is 0.261 e. The van der Waals surface area contributed by atoms with E-state index in [2.05, 4.69) is 9.97 Å². The fourth-order valence-corrected chi connectivity index (χ4v) is 4.26. The smallest absolute Gasteiger partial charge is 0.261 e. The van der Waals surface area contributed by atoms with Crippen LogP contribution in [-0.4, -0.2) is 25.7 Å². The molecule has 0 radical (unpaired) electrons. The second kappa shape index (κ2) is 10.9. The number of halogens is 1. The highest BCUT2D eigenvalue weighted by molar-refractivity contribution is 6.30. The summed E-state index contributed by atoms with van der Waals surface area (Å²) in [6.07, 6.45) is 4.78. The first kappa shape index (κ1) is 24.9. The van der Waals surface area contributed by atoms with E-state index in [0.717, 1.165) is 34.2 Å². The number of rotatable bonds is 6. The van der Waals surface area contributed by atoms with Gasteiger partial charge in [0.15, 0.2) is 0 Å². The summed E-state index contributed by atoms with van der Waals surface area (Å²) in [5, 5.41) is 11.4. The van der Waals surface area contributed by atoms with Crippen LogP contribution >= 0.6 is 11.6 Å². The standard InChI is InChI=1S/C27H32ClN3O2/c1-6-9-24(20(5)32)31-16-30-25-18(3)11-8-7-10-17(2)22(15-23(25)27(31)33)14-21-12-13-29-26(28)19(21)4/h7-8,10-13,15-16,20,24,32H,6,9,14H2,1-5H3. The SMILES string of the molecule is CCCC(C(C)O)n1cnc2c(C)ccccc(C)c(Cc3ccnc(Cl)c3C)cc2c1=O. The molecule has 0 fully saturated rings. The van der Waals surface area contributed by atoms with Crippen LogP contribution < -0.4 is 5.56 Å². The van der Waals surface area contributed by atoms with Crippen LogP contribution in [0.5, 0.6) is 0 Å². The van der Waals surface area contributed by atoms with Crippen molar-refractivity contribution in [2.24, 2.45) is 0 Å². The van der Waals surface area contributed by atoms with Gasteiger partial charge in [0, 0.05) is 6.20 Å². The highest BCUT2D eigenvalue weighted by Crippen LogP contribution is 2.22. The molecule has 1 N–H and O–H groups in total. The minimum Gasteiger partial charge on any atom is -0.391 e. The van der Waals surface area contributed by atoms with Crippen LogP contribution in [0, 0.1) is 20.8 Å². The van der Waals surface area contributed by atoms with E-state index in [1.165, 1.54) is 0 Å². The van der Waals surface area contributed by atoms with Gasteiger partial charge in [0.05, 0.1) is 29.4 Å². The Labute approximate surface area is 200 Å². The van der Waals surface area contributed by atoms with Crippen LogP contribution in [0.2, 0.25) is 5.15 Å². The van der Waals surface area contributed by atoms with Crippen molar-refractivity contribution in [3.8, 4) is 0 Å². The number of aromatic nitrogens is 3. The third kappa shape index (κ3) is 5.60. The van der Waals surface area contributed by atoms with Gasteiger partial charge in [-0.2, -0.15) is 0 Å². The molecule has 3 aromatic rings. The zero-order valence-corrected chi connectivity index (χ0v) is 20.7. The zero-order valence-electron chi connectivity index (χ0n) is 20.0. The topological polar surface area (TPSA) is 68.0 Å². The van der Waals surface area contributed by atoms with Crippen molar-refractivity contribution in [3.63, 3.8) is 0 Å². The summed E-state index contributed by atoms with van der Waals surface area (Å²) < 4.78 is 1.59. The quantitative estimate of drug-likeness (QED) is 0.466. The van der Waals surface area contributed by atoms with Crippen LogP contribution in [0.25, 0.3) is 10.9 Å². The first-order valence-electron chi connectivity index (χ1n) is 11.4. The fourth-order valence-electron chi connectivity index (χ4n) is 4.08. The Morgan fingerprint density at radius 1 is 1.06 bits per heavy atom. The lowest BCUT2D eigenvalue weighted by Gasteiger charge is -2.22. The van der Waals surface area contributed by atoms with Crippen molar-refractivity contribution >= 4 is 22.5 Å². The number of fused-ring (bicyclic) bond motifs is 1. The number of aliphatic hydroxyl groups is 1. The molecule has 2 aromatic heterocycles. The molecule has 0 aliphatic heterocycles. The molecule has 5 nitrogen and oxygen atoms in total. The molecule has 0 saturated heterocycles. The van der Waals surface area contributed by atoms with E-state index in [9.17, 15) is 9.90 Å². The molecule has 2 unspecified atom stereocenters. The summed E-state index contributed by atoms with van der Waals surface area (Å²) >= 11 is 6.26. The number of aliphatic hydroxyl groups excluding tert-OH is 1.